The molecule has 17 heavy (non-hydrogen) atoms. The smallest absolute Gasteiger partial charge is 0.154 e. The molecule has 2 unspecified atom stereocenters. The van der Waals surface area contributed by atoms with Crippen molar-refractivity contribution in [3.05, 3.63) is 0 Å². The fraction of sp³-hybridized carbons (Fsp3) is 1.00. The summed E-state index contributed by atoms with van der Waals surface area (Å²) >= 11 is 0. The average molecular weight is 261 g/mol. The lowest BCUT2D eigenvalue weighted by Gasteiger charge is -2.31. The van der Waals surface area contributed by atoms with E-state index in [0.717, 1.165) is 32.2 Å². The monoisotopic (exact) mass is 261 g/mol. The molecule has 1 aliphatic carbocycles. The van der Waals surface area contributed by atoms with E-state index in [4.69, 9.17) is 0 Å². The minimum Gasteiger partial charge on any atom is -0.312 e. The third-order valence-corrected chi connectivity index (χ3v) is 6.26. The highest BCUT2D eigenvalue weighted by atomic mass is 32.2. The van der Waals surface area contributed by atoms with Crippen molar-refractivity contribution in [3.8, 4) is 0 Å². The number of sulfone groups is 1. The molecule has 1 rings (SSSR count). The zero-order chi connectivity index (χ0) is 13.1. The normalized spacial score (nSPS) is 28.5. The van der Waals surface area contributed by atoms with E-state index in [-0.39, 0.29) is 16.7 Å². The van der Waals surface area contributed by atoms with E-state index < -0.39 is 9.84 Å². The predicted molar refractivity (Wildman–Crippen MR) is 73.0 cm³/mol. The zero-order valence-electron chi connectivity index (χ0n) is 11.6. The van der Waals surface area contributed by atoms with Gasteiger partial charge in [0, 0.05) is 6.04 Å². The highest BCUT2D eigenvalue weighted by Crippen LogP contribution is 2.40. The molecule has 0 aromatic carbocycles. The maximum absolute atomic E-state index is 12.3. The van der Waals surface area contributed by atoms with Crippen LogP contribution in [-0.4, -0.2) is 32.0 Å². The first-order valence-electron chi connectivity index (χ1n) is 6.80. The van der Waals surface area contributed by atoms with Gasteiger partial charge >= 0.3 is 0 Å². The summed E-state index contributed by atoms with van der Waals surface area (Å²) in [6, 6.07) is 0.124. The molecule has 3 nitrogen and oxygen atoms in total. The highest BCUT2D eigenvalue weighted by molar-refractivity contribution is 7.92. The Labute approximate surface area is 106 Å². The minimum absolute atomic E-state index is 0.0979. The summed E-state index contributed by atoms with van der Waals surface area (Å²) in [4.78, 5) is 0. The molecule has 0 aliphatic heterocycles. The molecule has 4 heteroatoms. The van der Waals surface area contributed by atoms with Gasteiger partial charge in [0.2, 0.25) is 0 Å². The highest BCUT2D eigenvalue weighted by Gasteiger charge is 2.46. The Morgan fingerprint density at radius 2 is 1.88 bits per heavy atom. The van der Waals surface area contributed by atoms with E-state index >= 15 is 0 Å². The number of rotatable bonds is 6. The Hall–Kier alpha value is -0.0900. The van der Waals surface area contributed by atoms with E-state index in [1.165, 1.54) is 0 Å². The second-order valence-electron chi connectivity index (χ2n) is 5.86. The van der Waals surface area contributed by atoms with Crippen LogP contribution in [0.15, 0.2) is 0 Å². The van der Waals surface area contributed by atoms with Gasteiger partial charge in [-0.2, -0.15) is 0 Å². The van der Waals surface area contributed by atoms with Crippen molar-refractivity contribution in [3.63, 3.8) is 0 Å². The van der Waals surface area contributed by atoms with E-state index in [0.29, 0.717) is 5.75 Å². The molecule has 0 bridgehead atoms. The lowest BCUT2D eigenvalue weighted by Crippen LogP contribution is -2.48. The Morgan fingerprint density at radius 1 is 1.24 bits per heavy atom. The predicted octanol–water partition coefficient (Wildman–Crippen LogP) is 2.37. The van der Waals surface area contributed by atoms with Crippen molar-refractivity contribution in [1.82, 2.24) is 5.32 Å². The van der Waals surface area contributed by atoms with Crippen molar-refractivity contribution in [2.24, 2.45) is 5.41 Å². The minimum atomic E-state index is -2.92. The first-order chi connectivity index (χ1) is 7.85. The van der Waals surface area contributed by atoms with Crippen LogP contribution < -0.4 is 5.32 Å². The summed E-state index contributed by atoms with van der Waals surface area (Å²) in [5.41, 5.74) is 0.0979. The van der Waals surface area contributed by atoms with Crippen molar-refractivity contribution in [1.29, 1.82) is 0 Å². The van der Waals surface area contributed by atoms with Crippen LogP contribution in [0, 0.1) is 5.41 Å². The first-order valence-corrected chi connectivity index (χ1v) is 8.51. The Bertz CT molecular complexity index is 335. The number of hydrogen-bond acceptors (Lipinski definition) is 3. The molecule has 2 atom stereocenters. The molecule has 102 valence electrons. The Kier molecular flexibility index (Phi) is 5.02. The molecule has 0 radical (unpaired) electrons. The molecule has 0 spiro atoms. The molecule has 1 N–H and O–H groups in total. The van der Waals surface area contributed by atoms with Crippen molar-refractivity contribution >= 4 is 9.84 Å². The van der Waals surface area contributed by atoms with Crippen LogP contribution in [-0.2, 0) is 9.84 Å². The van der Waals surface area contributed by atoms with Crippen LogP contribution in [0.5, 0.6) is 0 Å². The van der Waals surface area contributed by atoms with E-state index in [1.807, 2.05) is 6.92 Å². The Balaban J connectivity index is 2.84. The molecule has 0 amide bonds. The van der Waals surface area contributed by atoms with Crippen LogP contribution in [0.1, 0.15) is 53.4 Å². The Morgan fingerprint density at radius 3 is 2.41 bits per heavy atom. The molecule has 1 saturated carbocycles. The summed E-state index contributed by atoms with van der Waals surface area (Å²) < 4.78 is 24.5. The molecule has 0 heterocycles. The number of hydrogen-bond donors (Lipinski definition) is 1. The third kappa shape index (κ3) is 3.44. The van der Waals surface area contributed by atoms with Gasteiger partial charge in [0.15, 0.2) is 9.84 Å². The summed E-state index contributed by atoms with van der Waals surface area (Å²) in [5.74, 6) is 0.331. The molecular weight excluding hydrogens is 234 g/mol. The topological polar surface area (TPSA) is 46.2 Å². The largest absolute Gasteiger partial charge is 0.312 e. The molecule has 0 saturated heterocycles. The van der Waals surface area contributed by atoms with Gasteiger partial charge in [-0.1, -0.05) is 27.7 Å². The summed E-state index contributed by atoms with van der Waals surface area (Å²) in [6.07, 6.45) is 3.59. The van der Waals surface area contributed by atoms with Gasteiger partial charge in [0.05, 0.1) is 11.0 Å². The van der Waals surface area contributed by atoms with E-state index in [1.54, 1.807) is 0 Å². The van der Waals surface area contributed by atoms with Gasteiger partial charge in [0.25, 0.3) is 0 Å². The van der Waals surface area contributed by atoms with Gasteiger partial charge in [-0.25, -0.2) is 8.42 Å². The number of nitrogens with one attached hydrogen (secondary N) is 1. The fourth-order valence-corrected chi connectivity index (χ4v) is 5.10. The van der Waals surface area contributed by atoms with E-state index in [2.05, 4.69) is 26.1 Å². The standard InChI is InChI=1S/C13H27NO2S/c1-5-9-14-12-11(7-8-13(12,3)4)17(15,16)10-6-2/h11-12,14H,5-10H2,1-4H3. The maximum Gasteiger partial charge on any atom is 0.154 e. The molecule has 1 fully saturated rings. The lowest BCUT2D eigenvalue weighted by atomic mass is 9.87. The molecule has 1 aliphatic rings. The quantitative estimate of drug-likeness (QED) is 0.798. The van der Waals surface area contributed by atoms with Crippen molar-refractivity contribution in [2.75, 3.05) is 12.3 Å². The summed E-state index contributed by atoms with van der Waals surface area (Å²) in [5, 5.41) is 3.28. The third-order valence-electron chi connectivity index (χ3n) is 3.85. The van der Waals surface area contributed by atoms with Gasteiger partial charge < -0.3 is 5.32 Å². The summed E-state index contributed by atoms with van der Waals surface area (Å²) in [6.45, 7) is 9.33. The van der Waals surface area contributed by atoms with Gasteiger partial charge in [0.1, 0.15) is 0 Å². The second kappa shape index (κ2) is 5.70. The second-order valence-corrected chi connectivity index (χ2v) is 8.20. The molecular formula is C13H27NO2S. The molecule has 0 aromatic heterocycles. The van der Waals surface area contributed by atoms with Crippen LogP contribution in [0.3, 0.4) is 0 Å². The van der Waals surface area contributed by atoms with Crippen LogP contribution in [0.25, 0.3) is 0 Å². The SMILES string of the molecule is CCCNC1C(S(=O)(=O)CCC)CCC1(C)C. The zero-order valence-corrected chi connectivity index (χ0v) is 12.4. The van der Waals surface area contributed by atoms with Crippen LogP contribution in [0.4, 0.5) is 0 Å². The average Bonchev–Trinajstić information content (AvgIpc) is 2.51. The maximum atomic E-state index is 12.3. The van der Waals surface area contributed by atoms with Gasteiger partial charge in [-0.15, -0.1) is 0 Å². The first kappa shape index (κ1) is 15.0. The van der Waals surface area contributed by atoms with E-state index in [9.17, 15) is 8.42 Å². The molecule has 0 aromatic rings. The lowest BCUT2D eigenvalue weighted by molar-refractivity contribution is 0.285. The van der Waals surface area contributed by atoms with Gasteiger partial charge in [-0.05, 0) is 37.6 Å². The van der Waals surface area contributed by atoms with Crippen molar-refractivity contribution < 1.29 is 8.42 Å². The summed E-state index contributed by atoms with van der Waals surface area (Å²) in [7, 11) is -2.92. The van der Waals surface area contributed by atoms with Crippen molar-refractivity contribution in [2.45, 2.75) is 64.7 Å². The fourth-order valence-electron chi connectivity index (χ4n) is 2.87. The van der Waals surface area contributed by atoms with Gasteiger partial charge in [-0.3, -0.25) is 0 Å². The van der Waals surface area contributed by atoms with Crippen LogP contribution >= 0.6 is 0 Å². The van der Waals surface area contributed by atoms with Crippen LogP contribution in [0.2, 0.25) is 0 Å².